The van der Waals surface area contributed by atoms with Crippen LogP contribution in [0.4, 0.5) is 0 Å². The lowest BCUT2D eigenvalue weighted by atomic mass is 10.4. The van der Waals surface area contributed by atoms with Crippen LogP contribution in [0.15, 0.2) is 47.6 Å². The summed E-state index contributed by atoms with van der Waals surface area (Å²) in [6.07, 6.45) is 8.23. The first-order valence-electron chi connectivity index (χ1n) is 6.32. The molecule has 8 nitrogen and oxygen atoms in total. The van der Waals surface area contributed by atoms with Crippen LogP contribution in [0.2, 0.25) is 0 Å². The van der Waals surface area contributed by atoms with Crippen LogP contribution in [0.25, 0.3) is 11.6 Å². The fourth-order valence-corrected chi connectivity index (χ4v) is 1.82. The minimum Gasteiger partial charge on any atom is -0.351 e. The van der Waals surface area contributed by atoms with Crippen molar-refractivity contribution in [3.63, 3.8) is 0 Å². The molecule has 8 heteroatoms. The zero-order valence-corrected chi connectivity index (χ0v) is 11.0. The predicted octanol–water partition coefficient (Wildman–Crippen LogP) is 0.758. The lowest BCUT2D eigenvalue weighted by molar-refractivity contribution is 0.0915. The van der Waals surface area contributed by atoms with Crippen molar-refractivity contribution in [2.75, 3.05) is 6.54 Å². The molecule has 3 aromatic rings. The first kappa shape index (κ1) is 13.0. The van der Waals surface area contributed by atoms with E-state index in [2.05, 4.69) is 25.4 Å². The topological polar surface area (TPSA) is 98.7 Å². The minimum atomic E-state index is -0.301. The van der Waals surface area contributed by atoms with E-state index in [-0.39, 0.29) is 11.7 Å². The average Bonchev–Trinajstić information content (AvgIpc) is 3.20. The van der Waals surface area contributed by atoms with E-state index in [4.69, 9.17) is 4.52 Å². The Morgan fingerprint density at radius 1 is 1.19 bits per heavy atom. The summed E-state index contributed by atoms with van der Waals surface area (Å²) in [5.74, 6) is 1.09. The zero-order chi connectivity index (χ0) is 14.5. The smallest absolute Gasteiger partial charge is 0.289 e. The molecule has 3 aromatic heterocycles. The molecule has 0 saturated carbocycles. The summed E-state index contributed by atoms with van der Waals surface area (Å²) in [6.45, 7) is 0.975. The predicted molar refractivity (Wildman–Crippen MR) is 72.1 cm³/mol. The van der Waals surface area contributed by atoms with Gasteiger partial charge in [-0.2, -0.15) is 0 Å². The van der Waals surface area contributed by atoms with Gasteiger partial charge in [-0.1, -0.05) is 5.16 Å². The zero-order valence-electron chi connectivity index (χ0n) is 11.0. The van der Waals surface area contributed by atoms with Gasteiger partial charge in [-0.15, -0.1) is 0 Å². The summed E-state index contributed by atoms with van der Waals surface area (Å²) in [5, 5.41) is 6.23. The quantitative estimate of drug-likeness (QED) is 0.742. The SMILES string of the molecule is O=C(NCCn1ccnc1-c1ncccn1)c1ccno1. The van der Waals surface area contributed by atoms with Crippen molar-refractivity contribution in [2.45, 2.75) is 6.54 Å². The summed E-state index contributed by atoms with van der Waals surface area (Å²) in [5.41, 5.74) is 0. The molecule has 0 saturated heterocycles. The second-order valence-electron chi connectivity index (χ2n) is 4.15. The van der Waals surface area contributed by atoms with Gasteiger partial charge in [0.15, 0.2) is 11.6 Å². The third kappa shape index (κ3) is 2.94. The number of carbonyl (C=O) groups excluding carboxylic acids is 1. The Bertz CT molecular complexity index is 707. The second kappa shape index (κ2) is 5.95. The number of rotatable bonds is 5. The van der Waals surface area contributed by atoms with Crippen molar-refractivity contribution < 1.29 is 9.32 Å². The first-order chi connectivity index (χ1) is 10.3. The van der Waals surface area contributed by atoms with Crippen LogP contribution in [0.1, 0.15) is 10.6 Å². The van der Waals surface area contributed by atoms with Gasteiger partial charge in [0, 0.05) is 43.9 Å². The second-order valence-corrected chi connectivity index (χ2v) is 4.15. The minimum absolute atomic E-state index is 0.187. The van der Waals surface area contributed by atoms with Gasteiger partial charge in [0.25, 0.3) is 5.91 Å². The molecule has 0 bridgehead atoms. The molecule has 0 aliphatic heterocycles. The van der Waals surface area contributed by atoms with Crippen molar-refractivity contribution in [1.82, 2.24) is 30.0 Å². The van der Waals surface area contributed by atoms with E-state index in [1.54, 1.807) is 24.7 Å². The van der Waals surface area contributed by atoms with Crippen LogP contribution >= 0.6 is 0 Å². The number of nitrogens with zero attached hydrogens (tertiary/aromatic N) is 5. The van der Waals surface area contributed by atoms with E-state index in [0.29, 0.717) is 24.7 Å². The van der Waals surface area contributed by atoms with Gasteiger partial charge in [-0.25, -0.2) is 15.0 Å². The Morgan fingerprint density at radius 3 is 2.81 bits per heavy atom. The number of imidazole rings is 1. The highest BCUT2D eigenvalue weighted by Crippen LogP contribution is 2.10. The van der Waals surface area contributed by atoms with Gasteiger partial charge in [-0.3, -0.25) is 4.79 Å². The molecule has 3 rings (SSSR count). The molecule has 0 fully saturated rings. The lowest BCUT2D eigenvalue weighted by Crippen LogP contribution is -2.27. The third-order valence-electron chi connectivity index (χ3n) is 2.78. The number of nitrogens with one attached hydrogen (secondary N) is 1. The molecule has 0 atom stereocenters. The van der Waals surface area contributed by atoms with E-state index in [1.807, 2.05) is 10.8 Å². The Kier molecular flexibility index (Phi) is 3.68. The molecule has 0 radical (unpaired) electrons. The van der Waals surface area contributed by atoms with Crippen LogP contribution < -0.4 is 5.32 Å². The summed E-state index contributed by atoms with van der Waals surface area (Å²) >= 11 is 0. The van der Waals surface area contributed by atoms with Gasteiger partial charge >= 0.3 is 0 Å². The Labute approximate surface area is 119 Å². The summed E-state index contributed by atoms with van der Waals surface area (Å²) in [7, 11) is 0. The van der Waals surface area contributed by atoms with E-state index >= 15 is 0 Å². The Balaban J connectivity index is 1.62. The van der Waals surface area contributed by atoms with E-state index < -0.39 is 0 Å². The van der Waals surface area contributed by atoms with Crippen molar-refractivity contribution in [3.05, 3.63) is 48.9 Å². The van der Waals surface area contributed by atoms with Gasteiger partial charge in [0.05, 0.1) is 6.20 Å². The third-order valence-corrected chi connectivity index (χ3v) is 2.78. The van der Waals surface area contributed by atoms with Crippen LogP contribution in [0.5, 0.6) is 0 Å². The van der Waals surface area contributed by atoms with Gasteiger partial charge in [0.1, 0.15) is 0 Å². The molecular formula is C13H12N6O2. The van der Waals surface area contributed by atoms with Crippen LogP contribution in [0, 0.1) is 0 Å². The summed E-state index contributed by atoms with van der Waals surface area (Å²) in [4.78, 5) is 24.2. The van der Waals surface area contributed by atoms with Crippen molar-refractivity contribution in [3.8, 4) is 11.6 Å². The van der Waals surface area contributed by atoms with Gasteiger partial charge < -0.3 is 14.4 Å². The van der Waals surface area contributed by atoms with Gasteiger partial charge in [0.2, 0.25) is 5.76 Å². The van der Waals surface area contributed by atoms with Crippen LogP contribution in [-0.2, 0) is 6.54 Å². The van der Waals surface area contributed by atoms with Crippen molar-refractivity contribution in [2.24, 2.45) is 0 Å². The molecule has 0 unspecified atom stereocenters. The molecule has 0 aliphatic carbocycles. The lowest BCUT2D eigenvalue weighted by Gasteiger charge is -2.07. The van der Waals surface area contributed by atoms with Gasteiger partial charge in [-0.05, 0) is 6.07 Å². The molecule has 21 heavy (non-hydrogen) atoms. The molecule has 3 heterocycles. The highest BCUT2D eigenvalue weighted by Gasteiger charge is 2.10. The monoisotopic (exact) mass is 284 g/mol. The van der Waals surface area contributed by atoms with Crippen LogP contribution in [-0.4, -0.2) is 37.1 Å². The van der Waals surface area contributed by atoms with Crippen molar-refractivity contribution >= 4 is 5.91 Å². The maximum Gasteiger partial charge on any atom is 0.289 e. The van der Waals surface area contributed by atoms with E-state index in [9.17, 15) is 4.79 Å². The molecule has 0 spiro atoms. The largest absolute Gasteiger partial charge is 0.351 e. The number of aromatic nitrogens is 5. The molecular weight excluding hydrogens is 272 g/mol. The average molecular weight is 284 g/mol. The fourth-order valence-electron chi connectivity index (χ4n) is 1.82. The maximum atomic E-state index is 11.7. The summed E-state index contributed by atoms with van der Waals surface area (Å²) in [6, 6.07) is 3.25. The number of carbonyl (C=O) groups is 1. The summed E-state index contributed by atoms with van der Waals surface area (Å²) < 4.78 is 6.65. The highest BCUT2D eigenvalue weighted by molar-refractivity contribution is 5.91. The van der Waals surface area contributed by atoms with Crippen LogP contribution in [0.3, 0.4) is 0 Å². The fraction of sp³-hybridized carbons (Fsp3) is 0.154. The molecule has 106 valence electrons. The maximum absolute atomic E-state index is 11.7. The normalized spacial score (nSPS) is 10.5. The number of amides is 1. The standard InChI is InChI=1S/C13H12N6O2/c20-13(10-2-5-18-21-10)17-7-9-19-8-6-16-12(19)11-14-3-1-4-15-11/h1-6,8H,7,9H2,(H,17,20). The number of hydrogen-bond donors (Lipinski definition) is 1. The molecule has 1 amide bonds. The Morgan fingerprint density at radius 2 is 2.05 bits per heavy atom. The molecule has 1 N–H and O–H groups in total. The Hall–Kier alpha value is -3.03. The van der Waals surface area contributed by atoms with E-state index in [0.717, 1.165) is 0 Å². The first-order valence-corrected chi connectivity index (χ1v) is 6.32. The molecule has 0 aliphatic rings. The van der Waals surface area contributed by atoms with E-state index in [1.165, 1.54) is 12.3 Å². The molecule has 0 aromatic carbocycles. The highest BCUT2D eigenvalue weighted by atomic mass is 16.5. The van der Waals surface area contributed by atoms with Crippen molar-refractivity contribution in [1.29, 1.82) is 0 Å². The number of hydrogen-bond acceptors (Lipinski definition) is 6.